The second-order valence-electron chi connectivity index (χ2n) is 13.9. The van der Waals surface area contributed by atoms with Gasteiger partial charge in [-0.1, -0.05) is 52.3 Å². The first-order chi connectivity index (χ1) is 20.7. The Morgan fingerprint density at radius 2 is 1.82 bits per heavy atom. The number of methoxy groups -OCH3 is 1. The second-order valence-corrected chi connectivity index (χ2v) is 13.9. The van der Waals surface area contributed by atoms with Crippen LogP contribution < -0.4 is 15.5 Å². The number of hydrogen-bond donors (Lipinski definition) is 3. The summed E-state index contributed by atoms with van der Waals surface area (Å²) >= 11 is 0. The number of unbranched alkanes of at least 4 members (excludes halogenated alkanes) is 1. The highest BCUT2D eigenvalue weighted by Crippen LogP contribution is 2.35. The summed E-state index contributed by atoms with van der Waals surface area (Å²) in [6.45, 7) is 15.8. The molecule has 0 aromatic heterocycles. The van der Waals surface area contributed by atoms with Crippen LogP contribution in [0.3, 0.4) is 0 Å². The quantitative estimate of drug-likeness (QED) is 0.213. The summed E-state index contributed by atoms with van der Waals surface area (Å²) in [6.07, 6.45) is 1.68. The number of anilines is 1. The number of benzene rings is 1. The Balaban J connectivity index is 2.17. The fourth-order valence-electron chi connectivity index (χ4n) is 5.53. The topological polar surface area (TPSA) is 126 Å². The third-order valence-electron chi connectivity index (χ3n) is 7.76. The summed E-state index contributed by atoms with van der Waals surface area (Å²) in [4.78, 5) is 41.2. The van der Waals surface area contributed by atoms with Crippen molar-refractivity contribution in [2.45, 2.75) is 105 Å². The first kappa shape index (κ1) is 37.5. The molecule has 1 unspecified atom stereocenters. The molecule has 1 heterocycles. The summed E-state index contributed by atoms with van der Waals surface area (Å²) in [5, 5.41) is 17.1. The highest BCUT2D eigenvalue weighted by molar-refractivity contribution is 5.95. The number of hydrogen-bond acceptors (Lipinski definition) is 7. The van der Waals surface area contributed by atoms with E-state index in [0.29, 0.717) is 39.3 Å². The average Bonchev–Trinajstić information content (AvgIpc) is 2.93. The van der Waals surface area contributed by atoms with Gasteiger partial charge in [0, 0.05) is 44.1 Å². The summed E-state index contributed by atoms with van der Waals surface area (Å²) in [7, 11) is 1.64. The molecule has 10 nitrogen and oxygen atoms in total. The highest BCUT2D eigenvalue weighted by atomic mass is 16.6. The fraction of sp³-hybridized carbons (Fsp3) is 0.735. The van der Waals surface area contributed by atoms with E-state index < -0.39 is 35.2 Å². The van der Waals surface area contributed by atoms with Gasteiger partial charge in [-0.15, -0.1) is 0 Å². The van der Waals surface area contributed by atoms with E-state index in [0.717, 1.165) is 30.5 Å². The van der Waals surface area contributed by atoms with Crippen molar-refractivity contribution in [1.82, 2.24) is 10.6 Å². The normalized spacial score (nSPS) is 17.3. The zero-order valence-corrected chi connectivity index (χ0v) is 28.2. The maximum absolute atomic E-state index is 13.9. The van der Waals surface area contributed by atoms with Crippen LogP contribution in [0.4, 0.5) is 10.5 Å². The molecule has 2 rings (SSSR count). The molecule has 44 heavy (non-hydrogen) atoms. The van der Waals surface area contributed by atoms with Crippen LogP contribution in [-0.2, 0) is 30.2 Å². The zero-order valence-electron chi connectivity index (χ0n) is 28.2. The number of nitrogens with zero attached hydrogens (tertiary/aromatic N) is 1. The molecule has 0 radical (unpaired) electrons. The molecule has 0 bridgehead atoms. The first-order valence-corrected chi connectivity index (χ1v) is 16.1. The standard InChI is InChI=1S/C34H57N3O7/c1-9-10-15-35-31(40)24(2)18-29(38)27(36-32(41)44-33(3,4)5)20-34(6,7)21-30(39)37-22-25(23-43-17-16-42-8)19-26-13-11-12-14-28(26)37/h11-14,24-25,27,29,38H,9-10,15-23H2,1-8H3,(H,35,40)(H,36,41)/t24-,25?,27+,29+/m1/s1. The zero-order chi connectivity index (χ0) is 32.9. The van der Waals surface area contributed by atoms with Crippen molar-refractivity contribution in [3.63, 3.8) is 0 Å². The van der Waals surface area contributed by atoms with Crippen LogP contribution >= 0.6 is 0 Å². The molecule has 3 amide bonds. The number of fused-ring (bicyclic) bond motifs is 1. The molecule has 10 heteroatoms. The van der Waals surface area contributed by atoms with E-state index in [1.54, 1.807) is 34.8 Å². The van der Waals surface area contributed by atoms with E-state index in [1.807, 2.05) is 36.9 Å². The van der Waals surface area contributed by atoms with Crippen LogP contribution in [0.25, 0.3) is 0 Å². The lowest BCUT2D eigenvalue weighted by Gasteiger charge is -2.38. The van der Waals surface area contributed by atoms with Crippen LogP contribution in [0.1, 0.15) is 86.1 Å². The highest BCUT2D eigenvalue weighted by Gasteiger charge is 2.36. The number of aliphatic hydroxyl groups excluding tert-OH is 1. The molecule has 0 saturated carbocycles. The van der Waals surface area contributed by atoms with E-state index in [2.05, 4.69) is 23.6 Å². The van der Waals surface area contributed by atoms with Gasteiger partial charge in [0.2, 0.25) is 11.8 Å². The van der Waals surface area contributed by atoms with Gasteiger partial charge in [0.25, 0.3) is 0 Å². The Labute approximate surface area is 264 Å². The Hall–Kier alpha value is -2.69. The van der Waals surface area contributed by atoms with Crippen LogP contribution in [-0.4, -0.2) is 80.8 Å². The van der Waals surface area contributed by atoms with Crippen LogP contribution in [0.2, 0.25) is 0 Å². The number of alkyl carbamates (subject to hydrolysis) is 1. The number of rotatable bonds is 17. The minimum absolute atomic E-state index is 0.0294. The lowest BCUT2D eigenvalue weighted by molar-refractivity contribution is -0.125. The number of aliphatic hydroxyl groups is 1. The first-order valence-electron chi connectivity index (χ1n) is 16.1. The number of nitrogens with one attached hydrogen (secondary N) is 2. The summed E-state index contributed by atoms with van der Waals surface area (Å²) in [6, 6.07) is 7.23. The van der Waals surface area contributed by atoms with Crippen molar-refractivity contribution in [3.05, 3.63) is 29.8 Å². The van der Waals surface area contributed by atoms with Crippen molar-refractivity contribution in [3.8, 4) is 0 Å². The van der Waals surface area contributed by atoms with Gasteiger partial charge in [0.15, 0.2) is 0 Å². The Morgan fingerprint density at radius 3 is 2.48 bits per heavy atom. The van der Waals surface area contributed by atoms with Crippen molar-refractivity contribution in [2.24, 2.45) is 17.3 Å². The summed E-state index contributed by atoms with van der Waals surface area (Å²) in [5.74, 6) is -0.463. The van der Waals surface area contributed by atoms with Crippen molar-refractivity contribution in [1.29, 1.82) is 0 Å². The lowest BCUT2D eigenvalue weighted by atomic mass is 9.79. The number of ether oxygens (including phenoxy) is 3. The molecule has 1 aromatic rings. The van der Waals surface area contributed by atoms with Crippen molar-refractivity contribution < 1.29 is 33.7 Å². The van der Waals surface area contributed by atoms with Gasteiger partial charge in [0.05, 0.1) is 32.0 Å². The van der Waals surface area contributed by atoms with Crippen molar-refractivity contribution in [2.75, 3.05) is 44.9 Å². The molecule has 0 saturated heterocycles. The number of carbonyl (C=O) groups is 3. The van der Waals surface area contributed by atoms with E-state index in [-0.39, 0.29) is 30.6 Å². The average molecular weight is 620 g/mol. The van der Waals surface area contributed by atoms with Crippen molar-refractivity contribution >= 4 is 23.6 Å². The van der Waals surface area contributed by atoms with Crippen LogP contribution in [0.5, 0.6) is 0 Å². The molecule has 0 spiro atoms. The Morgan fingerprint density at radius 1 is 1.11 bits per heavy atom. The Kier molecular flexibility index (Phi) is 15.1. The third kappa shape index (κ3) is 13.1. The smallest absolute Gasteiger partial charge is 0.407 e. The van der Waals surface area contributed by atoms with Gasteiger partial charge >= 0.3 is 6.09 Å². The van der Waals surface area contributed by atoms with Gasteiger partial charge in [-0.05, 0) is 63.5 Å². The molecular weight excluding hydrogens is 562 g/mol. The maximum atomic E-state index is 13.9. The molecular formula is C34H57N3O7. The fourth-order valence-corrected chi connectivity index (χ4v) is 5.53. The van der Waals surface area contributed by atoms with Gasteiger partial charge < -0.3 is 34.9 Å². The molecule has 0 fully saturated rings. The summed E-state index contributed by atoms with van der Waals surface area (Å²) in [5.41, 5.74) is 0.702. The molecule has 1 aromatic carbocycles. The van der Waals surface area contributed by atoms with E-state index in [4.69, 9.17) is 14.2 Å². The van der Waals surface area contributed by atoms with Gasteiger partial charge in [-0.25, -0.2) is 4.79 Å². The van der Waals surface area contributed by atoms with Gasteiger partial charge in [-0.2, -0.15) is 0 Å². The second kappa shape index (κ2) is 17.7. The maximum Gasteiger partial charge on any atom is 0.407 e. The predicted molar refractivity (Wildman–Crippen MR) is 173 cm³/mol. The SMILES string of the molecule is CCCCNC(=O)[C@H](C)C[C@H](O)[C@H](CC(C)(C)CC(=O)N1CC(COCCOC)Cc2ccccc21)NC(=O)OC(C)(C)C. The number of amides is 3. The van der Waals surface area contributed by atoms with Gasteiger partial charge in [-0.3, -0.25) is 9.59 Å². The van der Waals surface area contributed by atoms with E-state index >= 15 is 0 Å². The number of para-hydroxylation sites is 1. The molecule has 250 valence electrons. The minimum atomic E-state index is -1.02. The van der Waals surface area contributed by atoms with Gasteiger partial charge in [0.1, 0.15) is 5.60 Å². The van der Waals surface area contributed by atoms with Crippen LogP contribution in [0, 0.1) is 17.3 Å². The third-order valence-corrected chi connectivity index (χ3v) is 7.76. The Bertz CT molecular complexity index is 1060. The van der Waals surface area contributed by atoms with E-state index in [1.165, 1.54) is 0 Å². The molecule has 4 atom stereocenters. The van der Waals surface area contributed by atoms with E-state index in [9.17, 15) is 19.5 Å². The number of carbonyl (C=O) groups excluding carboxylic acids is 3. The van der Waals surface area contributed by atoms with Crippen LogP contribution in [0.15, 0.2) is 24.3 Å². The minimum Gasteiger partial charge on any atom is -0.444 e. The monoisotopic (exact) mass is 619 g/mol. The molecule has 1 aliphatic heterocycles. The predicted octanol–water partition coefficient (Wildman–Crippen LogP) is 4.86. The molecule has 0 aliphatic carbocycles. The lowest BCUT2D eigenvalue weighted by Crippen LogP contribution is -2.49. The summed E-state index contributed by atoms with van der Waals surface area (Å²) < 4.78 is 16.4. The molecule has 3 N–H and O–H groups in total. The molecule has 1 aliphatic rings. The largest absolute Gasteiger partial charge is 0.444 e.